The third kappa shape index (κ3) is 3.54. The fraction of sp³-hybridized carbons (Fsp3) is 0.357. The van der Waals surface area contributed by atoms with Gasteiger partial charge >= 0.3 is 0 Å². The van der Waals surface area contributed by atoms with Gasteiger partial charge in [0.15, 0.2) is 0 Å². The summed E-state index contributed by atoms with van der Waals surface area (Å²) in [4.78, 5) is 4.02. The first-order chi connectivity index (χ1) is 7.67. The highest BCUT2D eigenvalue weighted by Gasteiger charge is 2.01. The second-order valence-electron chi connectivity index (χ2n) is 3.99. The molecule has 1 aliphatic rings. The van der Waals surface area contributed by atoms with Gasteiger partial charge in [0.05, 0.1) is 0 Å². The second kappa shape index (κ2) is 6.11. The predicted octanol–water partition coefficient (Wildman–Crippen LogP) is 3.56. The fourth-order valence-corrected chi connectivity index (χ4v) is 1.38. The van der Waals surface area contributed by atoms with Gasteiger partial charge in [-0.05, 0) is 43.7 Å². The minimum absolute atomic E-state index is 0.479. The van der Waals surface area contributed by atoms with Crippen LogP contribution in [0.1, 0.15) is 27.2 Å². The zero-order valence-corrected chi connectivity index (χ0v) is 10.3. The van der Waals surface area contributed by atoms with Gasteiger partial charge in [-0.1, -0.05) is 32.1 Å². The van der Waals surface area contributed by atoms with Crippen LogP contribution in [0.15, 0.2) is 52.5 Å². The minimum atomic E-state index is 0.479. The standard InChI is InChI=1S/C14H20N2/c1-5-12(3)14(15-4)16-13-8-6-7-11(2)9-10-13/h6-11,16H,4-5H2,1-3H3/b14-12+. The molecule has 1 unspecified atom stereocenters. The number of rotatable bonds is 4. The molecule has 0 bridgehead atoms. The van der Waals surface area contributed by atoms with Crippen molar-refractivity contribution in [3.63, 3.8) is 0 Å². The van der Waals surface area contributed by atoms with Crippen LogP contribution < -0.4 is 5.32 Å². The first-order valence-corrected chi connectivity index (χ1v) is 5.67. The van der Waals surface area contributed by atoms with Crippen molar-refractivity contribution in [3.8, 4) is 0 Å². The molecule has 16 heavy (non-hydrogen) atoms. The van der Waals surface area contributed by atoms with Crippen molar-refractivity contribution in [1.82, 2.24) is 5.32 Å². The monoisotopic (exact) mass is 216 g/mol. The van der Waals surface area contributed by atoms with Gasteiger partial charge < -0.3 is 5.32 Å². The maximum Gasteiger partial charge on any atom is 0.128 e. The van der Waals surface area contributed by atoms with Crippen molar-refractivity contribution in [2.45, 2.75) is 27.2 Å². The van der Waals surface area contributed by atoms with E-state index in [9.17, 15) is 0 Å². The molecule has 1 rings (SSSR count). The number of hydrogen-bond acceptors (Lipinski definition) is 2. The summed E-state index contributed by atoms with van der Waals surface area (Å²) in [6.07, 6.45) is 11.5. The molecular weight excluding hydrogens is 196 g/mol. The lowest BCUT2D eigenvalue weighted by Gasteiger charge is -2.09. The SMILES string of the molecule is C=N/C(NC1=CC=CC(C)C=C1)=C(/C)CC. The van der Waals surface area contributed by atoms with E-state index >= 15 is 0 Å². The van der Waals surface area contributed by atoms with Crippen LogP contribution in [-0.2, 0) is 0 Å². The molecule has 0 radical (unpaired) electrons. The van der Waals surface area contributed by atoms with Gasteiger partial charge in [0.1, 0.15) is 5.82 Å². The van der Waals surface area contributed by atoms with E-state index < -0.39 is 0 Å². The van der Waals surface area contributed by atoms with Crippen molar-refractivity contribution < 1.29 is 0 Å². The maximum absolute atomic E-state index is 4.02. The van der Waals surface area contributed by atoms with Crippen LogP contribution in [0.2, 0.25) is 0 Å². The van der Waals surface area contributed by atoms with Crippen molar-refractivity contribution >= 4 is 6.72 Å². The molecule has 1 aliphatic carbocycles. The number of aliphatic imine (C=N–C) groups is 1. The number of hydrogen-bond donors (Lipinski definition) is 1. The first kappa shape index (κ1) is 12.5. The summed E-state index contributed by atoms with van der Waals surface area (Å²) in [6.45, 7) is 9.93. The Morgan fingerprint density at radius 1 is 1.50 bits per heavy atom. The highest BCUT2D eigenvalue weighted by atomic mass is 15.0. The number of nitrogens with one attached hydrogen (secondary N) is 1. The van der Waals surface area contributed by atoms with E-state index in [2.05, 4.69) is 62.1 Å². The summed E-state index contributed by atoms with van der Waals surface area (Å²) in [5.41, 5.74) is 2.27. The van der Waals surface area contributed by atoms with Crippen LogP contribution in [0.25, 0.3) is 0 Å². The molecule has 0 saturated heterocycles. The van der Waals surface area contributed by atoms with E-state index in [1.165, 1.54) is 5.57 Å². The Bertz CT molecular complexity index is 370. The smallest absolute Gasteiger partial charge is 0.128 e. The summed E-state index contributed by atoms with van der Waals surface area (Å²) >= 11 is 0. The van der Waals surface area contributed by atoms with E-state index in [0.29, 0.717) is 5.92 Å². The Labute approximate surface area is 98.2 Å². The molecule has 2 nitrogen and oxygen atoms in total. The third-order valence-corrected chi connectivity index (χ3v) is 2.63. The maximum atomic E-state index is 4.02. The molecule has 1 N–H and O–H groups in total. The average Bonchev–Trinajstić information content (AvgIpc) is 2.50. The number of nitrogens with zero attached hydrogens (tertiary/aromatic N) is 1. The van der Waals surface area contributed by atoms with Crippen molar-refractivity contribution in [2.24, 2.45) is 10.9 Å². The van der Waals surface area contributed by atoms with Crippen LogP contribution in [0, 0.1) is 5.92 Å². The minimum Gasteiger partial charge on any atom is -0.340 e. The van der Waals surface area contributed by atoms with Gasteiger partial charge in [0.25, 0.3) is 0 Å². The second-order valence-corrected chi connectivity index (χ2v) is 3.99. The zero-order valence-electron chi connectivity index (χ0n) is 10.3. The highest BCUT2D eigenvalue weighted by Crippen LogP contribution is 2.12. The molecule has 0 saturated carbocycles. The molecule has 0 aromatic heterocycles. The molecule has 0 aromatic rings. The zero-order chi connectivity index (χ0) is 12.0. The predicted molar refractivity (Wildman–Crippen MR) is 71.2 cm³/mol. The van der Waals surface area contributed by atoms with Crippen LogP contribution in [0.4, 0.5) is 0 Å². The molecular formula is C14H20N2. The number of allylic oxidation sites excluding steroid dienone is 6. The summed E-state index contributed by atoms with van der Waals surface area (Å²) in [5, 5.41) is 3.29. The summed E-state index contributed by atoms with van der Waals surface area (Å²) in [6, 6.07) is 0. The lowest BCUT2D eigenvalue weighted by molar-refractivity contribution is 0.908. The Hall–Kier alpha value is -1.57. The molecule has 0 aromatic carbocycles. The lowest BCUT2D eigenvalue weighted by atomic mass is 10.1. The molecule has 1 atom stereocenters. The summed E-state index contributed by atoms with van der Waals surface area (Å²) in [7, 11) is 0. The molecule has 2 heteroatoms. The Balaban J connectivity index is 2.81. The first-order valence-electron chi connectivity index (χ1n) is 5.67. The Kier molecular flexibility index (Phi) is 4.77. The Morgan fingerprint density at radius 2 is 2.25 bits per heavy atom. The van der Waals surface area contributed by atoms with E-state index in [1.54, 1.807) is 0 Å². The molecule has 0 amide bonds. The van der Waals surface area contributed by atoms with Gasteiger partial charge in [-0.25, -0.2) is 4.99 Å². The van der Waals surface area contributed by atoms with Crippen molar-refractivity contribution in [2.75, 3.05) is 0 Å². The van der Waals surface area contributed by atoms with E-state index in [0.717, 1.165) is 17.9 Å². The summed E-state index contributed by atoms with van der Waals surface area (Å²) < 4.78 is 0. The topological polar surface area (TPSA) is 24.4 Å². The average molecular weight is 216 g/mol. The third-order valence-electron chi connectivity index (χ3n) is 2.63. The van der Waals surface area contributed by atoms with Gasteiger partial charge in [-0.3, -0.25) is 0 Å². The molecule has 0 fully saturated rings. The van der Waals surface area contributed by atoms with E-state index in [4.69, 9.17) is 0 Å². The van der Waals surface area contributed by atoms with Crippen molar-refractivity contribution in [3.05, 3.63) is 47.5 Å². The van der Waals surface area contributed by atoms with Gasteiger partial charge in [0.2, 0.25) is 0 Å². The van der Waals surface area contributed by atoms with E-state index in [1.807, 2.05) is 6.08 Å². The fourth-order valence-electron chi connectivity index (χ4n) is 1.38. The van der Waals surface area contributed by atoms with Crippen LogP contribution in [-0.4, -0.2) is 6.72 Å². The lowest BCUT2D eigenvalue weighted by Crippen LogP contribution is -2.11. The molecule has 0 spiro atoms. The van der Waals surface area contributed by atoms with Crippen LogP contribution in [0.3, 0.4) is 0 Å². The quantitative estimate of drug-likeness (QED) is 0.714. The van der Waals surface area contributed by atoms with Crippen molar-refractivity contribution in [1.29, 1.82) is 0 Å². The molecule has 0 heterocycles. The highest BCUT2D eigenvalue weighted by molar-refractivity contribution is 5.35. The van der Waals surface area contributed by atoms with Gasteiger partial charge in [-0.2, -0.15) is 0 Å². The summed E-state index contributed by atoms with van der Waals surface area (Å²) in [5.74, 6) is 1.34. The normalized spacial score (nSPS) is 20.9. The van der Waals surface area contributed by atoms with Gasteiger partial charge in [-0.15, -0.1) is 0 Å². The van der Waals surface area contributed by atoms with Gasteiger partial charge in [0, 0.05) is 5.70 Å². The van der Waals surface area contributed by atoms with E-state index in [-0.39, 0.29) is 0 Å². The van der Waals surface area contributed by atoms with Crippen LogP contribution in [0.5, 0.6) is 0 Å². The molecule has 0 aliphatic heterocycles. The molecule has 86 valence electrons. The van der Waals surface area contributed by atoms with Crippen LogP contribution >= 0.6 is 0 Å². The largest absolute Gasteiger partial charge is 0.340 e. The Morgan fingerprint density at radius 3 is 2.88 bits per heavy atom.